The van der Waals surface area contributed by atoms with Gasteiger partial charge in [0.1, 0.15) is 5.69 Å². The molecule has 2 heterocycles. The van der Waals surface area contributed by atoms with E-state index in [1.807, 2.05) is 55.5 Å². The molecule has 0 fully saturated rings. The van der Waals surface area contributed by atoms with Crippen molar-refractivity contribution in [1.29, 1.82) is 0 Å². The fraction of sp³-hybridized carbons (Fsp3) is 0.118. The summed E-state index contributed by atoms with van der Waals surface area (Å²) in [4.78, 5) is 16.7. The number of carbonyl (C=O) groups is 1. The van der Waals surface area contributed by atoms with Crippen LogP contribution in [0.25, 0.3) is 11.4 Å². The van der Waals surface area contributed by atoms with Crippen LogP contribution in [0.1, 0.15) is 23.2 Å². The predicted octanol–water partition coefficient (Wildman–Crippen LogP) is 3.39. The zero-order valence-electron chi connectivity index (χ0n) is 11.7. The highest BCUT2D eigenvalue weighted by Crippen LogP contribution is 2.18. The minimum atomic E-state index is -0.234. The monoisotopic (exact) mass is 277 g/mol. The van der Waals surface area contributed by atoms with E-state index < -0.39 is 0 Å². The van der Waals surface area contributed by atoms with Crippen LogP contribution >= 0.6 is 0 Å². The van der Waals surface area contributed by atoms with Crippen LogP contribution in [-0.4, -0.2) is 20.7 Å². The number of pyridine rings is 1. The molecule has 1 atom stereocenters. The maximum Gasteiger partial charge on any atom is 0.254 e. The van der Waals surface area contributed by atoms with Crippen LogP contribution < -0.4 is 0 Å². The molecule has 0 aliphatic heterocycles. The molecular weight excluding hydrogens is 262 g/mol. The number of carbonyl (C=O) groups excluding carboxylic acids is 1. The highest BCUT2D eigenvalue weighted by molar-refractivity contribution is 5.85. The first-order valence-electron chi connectivity index (χ1n) is 6.82. The summed E-state index contributed by atoms with van der Waals surface area (Å²) in [6, 6.07) is 17.1. The second kappa shape index (κ2) is 5.71. The molecule has 0 amide bonds. The van der Waals surface area contributed by atoms with Crippen molar-refractivity contribution in [1.82, 2.24) is 14.8 Å². The molecule has 4 nitrogen and oxygen atoms in total. The highest BCUT2D eigenvalue weighted by atomic mass is 16.2. The van der Waals surface area contributed by atoms with E-state index in [4.69, 9.17) is 0 Å². The Labute approximate surface area is 123 Å². The lowest BCUT2D eigenvalue weighted by Gasteiger charge is -2.10. The summed E-state index contributed by atoms with van der Waals surface area (Å²) in [5, 5.41) is 4.33. The molecule has 0 N–H and O–H groups in total. The van der Waals surface area contributed by atoms with E-state index in [0.29, 0.717) is 5.69 Å². The fourth-order valence-electron chi connectivity index (χ4n) is 2.18. The molecule has 1 unspecified atom stereocenters. The molecule has 2 aromatic heterocycles. The Morgan fingerprint density at radius 2 is 1.76 bits per heavy atom. The van der Waals surface area contributed by atoms with Gasteiger partial charge in [0.15, 0.2) is 0 Å². The van der Waals surface area contributed by atoms with E-state index in [1.54, 1.807) is 18.5 Å². The summed E-state index contributed by atoms with van der Waals surface area (Å²) < 4.78 is 1.39. The molecular formula is C17H15N3O. The molecule has 3 rings (SSSR count). The van der Waals surface area contributed by atoms with Gasteiger partial charge in [-0.15, -0.1) is 0 Å². The molecule has 0 aliphatic carbocycles. The molecule has 3 aromatic rings. The van der Waals surface area contributed by atoms with E-state index in [0.717, 1.165) is 11.3 Å². The van der Waals surface area contributed by atoms with Crippen LogP contribution in [0.4, 0.5) is 0 Å². The smallest absolute Gasteiger partial charge is 0.254 e. The predicted molar refractivity (Wildman–Crippen MR) is 80.9 cm³/mol. The normalized spacial score (nSPS) is 12.0. The summed E-state index contributed by atoms with van der Waals surface area (Å²) >= 11 is 0. The molecule has 0 saturated heterocycles. The maximum absolute atomic E-state index is 12.5. The molecule has 104 valence electrons. The lowest BCUT2D eigenvalue weighted by Crippen LogP contribution is -2.18. The summed E-state index contributed by atoms with van der Waals surface area (Å²) in [5.74, 6) is -0.286. The van der Waals surface area contributed by atoms with Crippen molar-refractivity contribution in [2.24, 2.45) is 0 Å². The molecule has 4 heteroatoms. The Kier molecular flexibility index (Phi) is 3.60. The molecule has 0 bridgehead atoms. The van der Waals surface area contributed by atoms with Crippen molar-refractivity contribution in [2.45, 2.75) is 12.8 Å². The van der Waals surface area contributed by atoms with Gasteiger partial charge >= 0.3 is 0 Å². The van der Waals surface area contributed by atoms with Gasteiger partial charge < -0.3 is 0 Å². The van der Waals surface area contributed by atoms with Crippen molar-refractivity contribution in [3.8, 4) is 11.4 Å². The maximum atomic E-state index is 12.5. The van der Waals surface area contributed by atoms with Gasteiger partial charge in [0, 0.05) is 12.4 Å². The number of rotatable bonds is 3. The number of hydrogen-bond acceptors (Lipinski definition) is 3. The second-order valence-electron chi connectivity index (χ2n) is 4.83. The van der Waals surface area contributed by atoms with Crippen molar-refractivity contribution < 1.29 is 4.79 Å². The average molecular weight is 277 g/mol. The fourth-order valence-corrected chi connectivity index (χ4v) is 2.18. The minimum Gasteiger partial charge on any atom is -0.272 e. The van der Waals surface area contributed by atoms with Gasteiger partial charge in [-0.2, -0.15) is 5.10 Å². The summed E-state index contributed by atoms with van der Waals surface area (Å²) in [6.45, 7) is 1.89. The molecule has 0 spiro atoms. The molecule has 0 saturated carbocycles. The van der Waals surface area contributed by atoms with Crippen molar-refractivity contribution in [3.05, 3.63) is 72.6 Å². The van der Waals surface area contributed by atoms with Crippen LogP contribution in [0.3, 0.4) is 0 Å². The number of hydrogen-bond donors (Lipinski definition) is 0. The lowest BCUT2D eigenvalue weighted by atomic mass is 10.0. The third-order valence-electron chi connectivity index (χ3n) is 3.41. The van der Waals surface area contributed by atoms with E-state index in [1.165, 1.54) is 4.68 Å². The van der Waals surface area contributed by atoms with Gasteiger partial charge in [0.2, 0.25) is 0 Å². The van der Waals surface area contributed by atoms with Crippen molar-refractivity contribution >= 4 is 5.91 Å². The standard InChI is InChI=1S/C17H15N3O/c1-13(14-7-3-2-4-8-14)17(21)20-12-10-16(19-20)15-9-5-6-11-18-15/h2-13H,1H3. The van der Waals surface area contributed by atoms with E-state index in [9.17, 15) is 4.79 Å². The minimum absolute atomic E-state index is 0.0524. The summed E-state index contributed by atoms with van der Waals surface area (Å²) in [7, 11) is 0. The summed E-state index contributed by atoms with van der Waals surface area (Å²) in [5.41, 5.74) is 2.44. The van der Waals surface area contributed by atoms with Gasteiger partial charge in [0.25, 0.3) is 5.91 Å². The van der Waals surface area contributed by atoms with E-state index in [2.05, 4.69) is 10.1 Å². The highest BCUT2D eigenvalue weighted by Gasteiger charge is 2.18. The summed E-state index contributed by atoms with van der Waals surface area (Å²) in [6.07, 6.45) is 3.40. The first-order valence-corrected chi connectivity index (χ1v) is 6.82. The Morgan fingerprint density at radius 1 is 1.00 bits per heavy atom. The van der Waals surface area contributed by atoms with Gasteiger partial charge in [-0.25, -0.2) is 4.68 Å². The van der Waals surface area contributed by atoms with Crippen molar-refractivity contribution in [2.75, 3.05) is 0 Å². The van der Waals surface area contributed by atoms with Gasteiger partial charge in [-0.05, 0) is 30.7 Å². The number of nitrogens with zero attached hydrogens (tertiary/aromatic N) is 3. The second-order valence-corrected chi connectivity index (χ2v) is 4.83. The molecule has 0 aliphatic rings. The third-order valence-corrected chi connectivity index (χ3v) is 3.41. The first kappa shape index (κ1) is 13.2. The van der Waals surface area contributed by atoms with E-state index in [-0.39, 0.29) is 11.8 Å². The molecule has 0 radical (unpaired) electrons. The quantitative estimate of drug-likeness (QED) is 0.737. The average Bonchev–Trinajstić information content (AvgIpc) is 3.05. The van der Waals surface area contributed by atoms with Crippen LogP contribution in [0.5, 0.6) is 0 Å². The molecule has 1 aromatic carbocycles. The Bertz CT molecular complexity index is 735. The SMILES string of the molecule is CC(C(=O)n1ccc(-c2ccccn2)n1)c1ccccc1. The van der Waals surface area contributed by atoms with E-state index >= 15 is 0 Å². The lowest BCUT2D eigenvalue weighted by molar-refractivity contribution is 0.0868. The topological polar surface area (TPSA) is 47.8 Å². The van der Waals surface area contributed by atoms with Crippen LogP contribution in [0, 0.1) is 0 Å². The van der Waals surface area contributed by atoms with Crippen molar-refractivity contribution in [3.63, 3.8) is 0 Å². The zero-order chi connectivity index (χ0) is 14.7. The van der Waals surface area contributed by atoms with Crippen LogP contribution in [-0.2, 0) is 0 Å². The van der Waals surface area contributed by atoms with Gasteiger partial charge in [0.05, 0.1) is 11.6 Å². The molecule has 21 heavy (non-hydrogen) atoms. The third kappa shape index (κ3) is 2.74. The first-order chi connectivity index (χ1) is 10.3. The van der Waals surface area contributed by atoms with Crippen LogP contribution in [0.2, 0.25) is 0 Å². The van der Waals surface area contributed by atoms with Crippen LogP contribution in [0.15, 0.2) is 67.0 Å². The number of benzene rings is 1. The Balaban J connectivity index is 1.85. The Hall–Kier alpha value is -2.75. The van der Waals surface area contributed by atoms with Gasteiger partial charge in [-0.3, -0.25) is 9.78 Å². The van der Waals surface area contributed by atoms with Gasteiger partial charge in [-0.1, -0.05) is 36.4 Å². The zero-order valence-corrected chi connectivity index (χ0v) is 11.7. The Morgan fingerprint density at radius 3 is 2.48 bits per heavy atom. The largest absolute Gasteiger partial charge is 0.272 e. The number of aromatic nitrogens is 3.